The first-order valence-corrected chi connectivity index (χ1v) is 6.77. The minimum atomic E-state index is -0.794. The molecule has 0 unspecified atom stereocenters. The zero-order valence-corrected chi connectivity index (χ0v) is 12.4. The van der Waals surface area contributed by atoms with Crippen molar-refractivity contribution in [3.8, 4) is 17.1 Å². The van der Waals surface area contributed by atoms with Gasteiger partial charge in [0.25, 0.3) is 5.69 Å². The Morgan fingerprint density at radius 2 is 2.09 bits per heavy atom. The van der Waals surface area contributed by atoms with Crippen LogP contribution in [0, 0.1) is 10.1 Å². The van der Waals surface area contributed by atoms with E-state index in [1.54, 1.807) is 38.2 Å². The standard InChI is InChI=1S/C15H17N3O4/c1-15(2,19)6-8-22-14-9-11(5-7-16-14)13-4-3-12(10-17-13)18(20)21/h3-5,7,9-10,19H,6,8H2,1-2H3. The van der Waals surface area contributed by atoms with Gasteiger partial charge in [-0.1, -0.05) is 0 Å². The van der Waals surface area contributed by atoms with Crippen LogP contribution in [-0.4, -0.2) is 32.2 Å². The number of hydrogen-bond acceptors (Lipinski definition) is 6. The smallest absolute Gasteiger partial charge is 0.287 e. The third kappa shape index (κ3) is 4.49. The summed E-state index contributed by atoms with van der Waals surface area (Å²) < 4.78 is 5.50. The molecule has 0 radical (unpaired) electrons. The lowest BCUT2D eigenvalue weighted by Crippen LogP contribution is -2.21. The molecule has 0 aliphatic rings. The van der Waals surface area contributed by atoms with E-state index in [0.29, 0.717) is 24.6 Å². The Kier molecular flexibility index (Phi) is 4.67. The van der Waals surface area contributed by atoms with E-state index in [4.69, 9.17) is 4.74 Å². The molecule has 0 aliphatic heterocycles. The van der Waals surface area contributed by atoms with Crippen LogP contribution in [0.25, 0.3) is 11.3 Å². The van der Waals surface area contributed by atoms with Crippen molar-refractivity contribution in [1.29, 1.82) is 0 Å². The van der Waals surface area contributed by atoms with Gasteiger partial charge in [0.15, 0.2) is 0 Å². The molecule has 2 aromatic rings. The number of hydrogen-bond donors (Lipinski definition) is 1. The SMILES string of the molecule is CC(C)(O)CCOc1cc(-c2ccc([N+](=O)[O-])cn2)ccn1. The summed E-state index contributed by atoms with van der Waals surface area (Å²) in [4.78, 5) is 18.3. The molecule has 0 bridgehead atoms. The molecule has 0 aliphatic carbocycles. The Bertz CT molecular complexity index is 651. The second kappa shape index (κ2) is 6.48. The third-order valence-corrected chi connectivity index (χ3v) is 2.95. The number of aromatic nitrogens is 2. The van der Waals surface area contributed by atoms with Gasteiger partial charge in [0.2, 0.25) is 5.88 Å². The third-order valence-electron chi connectivity index (χ3n) is 2.95. The van der Waals surface area contributed by atoms with Crippen molar-refractivity contribution in [3.63, 3.8) is 0 Å². The molecule has 2 rings (SSSR count). The topological polar surface area (TPSA) is 98.4 Å². The van der Waals surface area contributed by atoms with Crippen LogP contribution in [0.15, 0.2) is 36.7 Å². The quantitative estimate of drug-likeness (QED) is 0.650. The molecule has 0 aromatic carbocycles. The minimum absolute atomic E-state index is 0.0561. The minimum Gasteiger partial charge on any atom is -0.478 e. The first-order valence-electron chi connectivity index (χ1n) is 6.77. The largest absolute Gasteiger partial charge is 0.478 e. The van der Waals surface area contributed by atoms with Crippen molar-refractivity contribution in [2.45, 2.75) is 25.9 Å². The van der Waals surface area contributed by atoms with Crippen molar-refractivity contribution in [3.05, 3.63) is 46.8 Å². The fourth-order valence-corrected chi connectivity index (χ4v) is 1.72. The highest BCUT2D eigenvalue weighted by Crippen LogP contribution is 2.22. The molecule has 0 atom stereocenters. The summed E-state index contributed by atoms with van der Waals surface area (Å²) in [6.07, 6.45) is 3.27. The van der Waals surface area contributed by atoms with E-state index in [2.05, 4.69) is 9.97 Å². The van der Waals surface area contributed by atoms with E-state index in [0.717, 1.165) is 5.56 Å². The molecule has 0 fully saturated rings. The molecule has 116 valence electrons. The predicted molar refractivity (Wildman–Crippen MR) is 80.5 cm³/mol. The fraction of sp³-hybridized carbons (Fsp3) is 0.333. The lowest BCUT2D eigenvalue weighted by molar-refractivity contribution is -0.385. The van der Waals surface area contributed by atoms with Crippen LogP contribution in [0.3, 0.4) is 0 Å². The summed E-state index contributed by atoms with van der Waals surface area (Å²) in [5.74, 6) is 0.418. The maximum atomic E-state index is 10.6. The molecule has 2 aromatic heterocycles. The number of pyridine rings is 2. The lowest BCUT2D eigenvalue weighted by atomic mass is 10.1. The van der Waals surface area contributed by atoms with Crippen molar-refractivity contribution in [2.24, 2.45) is 0 Å². The van der Waals surface area contributed by atoms with Gasteiger partial charge >= 0.3 is 0 Å². The summed E-state index contributed by atoms with van der Waals surface area (Å²) in [6.45, 7) is 3.76. The summed E-state index contributed by atoms with van der Waals surface area (Å²) in [5.41, 5.74) is 0.500. The molecular formula is C15H17N3O4. The second-order valence-electron chi connectivity index (χ2n) is 5.45. The van der Waals surface area contributed by atoms with Crippen LogP contribution >= 0.6 is 0 Å². The lowest BCUT2D eigenvalue weighted by Gasteiger charge is -2.16. The van der Waals surface area contributed by atoms with Crippen molar-refractivity contribution >= 4 is 5.69 Å². The zero-order valence-electron chi connectivity index (χ0n) is 12.4. The summed E-state index contributed by atoms with van der Waals surface area (Å²) in [5, 5.41) is 20.3. The van der Waals surface area contributed by atoms with E-state index in [9.17, 15) is 15.2 Å². The van der Waals surface area contributed by atoms with Gasteiger partial charge in [-0.25, -0.2) is 9.97 Å². The molecule has 7 nitrogen and oxygen atoms in total. The number of nitrogens with zero attached hydrogens (tertiary/aromatic N) is 3. The van der Waals surface area contributed by atoms with E-state index in [1.165, 1.54) is 12.3 Å². The van der Waals surface area contributed by atoms with E-state index in [-0.39, 0.29) is 5.69 Å². The van der Waals surface area contributed by atoms with Crippen molar-refractivity contribution < 1.29 is 14.8 Å². The Morgan fingerprint density at radius 3 is 2.68 bits per heavy atom. The van der Waals surface area contributed by atoms with Gasteiger partial charge in [0, 0.05) is 30.3 Å². The van der Waals surface area contributed by atoms with Crippen LogP contribution in [0.5, 0.6) is 5.88 Å². The van der Waals surface area contributed by atoms with Crippen molar-refractivity contribution in [2.75, 3.05) is 6.61 Å². The Labute approximate surface area is 127 Å². The van der Waals surface area contributed by atoms with E-state index < -0.39 is 10.5 Å². The molecule has 7 heteroatoms. The molecule has 0 saturated heterocycles. The molecule has 2 heterocycles. The number of rotatable bonds is 6. The van der Waals surface area contributed by atoms with Crippen LogP contribution in [-0.2, 0) is 0 Å². The molecule has 1 N–H and O–H groups in total. The molecular weight excluding hydrogens is 286 g/mol. The monoisotopic (exact) mass is 303 g/mol. The van der Waals surface area contributed by atoms with Gasteiger partial charge < -0.3 is 9.84 Å². The van der Waals surface area contributed by atoms with Crippen LogP contribution < -0.4 is 4.74 Å². The van der Waals surface area contributed by atoms with Crippen LogP contribution in [0.4, 0.5) is 5.69 Å². The van der Waals surface area contributed by atoms with E-state index >= 15 is 0 Å². The molecule has 0 spiro atoms. The van der Waals surface area contributed by atoms with Gasteiger partial charge in [-0.05, 0) is 26.0 Å². The Balaban J connectivity index is 2.09. The first-order chi connectivity index (χ1) is 10.3. The number of ether oxygens (including phenoxy) is 1. The Morgan fingerprint density at radius 1 is 1.32 bits per heavy atom. The zero-order chi connectivity index (χ0) is 16.2. The normalized spacial score (nSPS) is 11.2. The maximum absolute atomic E-state index is 10.6. The highest BCUT2D eigenvalue weighted by molar-refractivity contribution is 5.60. The average Bonchev–Trinajstić information content (AvgIpc) is 2.46. The number of nitro groups is 1. The molecule has 22 heavy (non-hydrogen) atoms. The second-order valence-corrected chi connectivity index (χ2v) is 5.45. The van der Waals surface area contributed by atoms with Gasteiger partial charge in [-0.2, -0.15) is 0 Å². The highest BCUT2D eigenvalue weighted by atomic mass is 16.6. The number of aliphatic hydroxyl groups is 1. The van der Waals surface area contributed by atoms with Gasteiger partial charge in [-0.15, -0.1) is 0 Å². The Hall–Kier alpha value is -2.54. The van der Waals surface area contributed by atoms with Gasteiger partial charge in [0.1, 0.15) is 6.20 Å². The maximum Gasteiger partial charge on any atom is 0.287 e. The predicted octanol–water partition coefficient (Wildman–Crippen LogP) is 2.59. The van der Waals surface area contributed by atoms with Crippen LogP contribution in [0.2, 0.25) is 0 Å². The summed E-state index contributed by atoms with van der Waals surface area (Å²) >= 11 is 0. The summed E-state index contributed by atoms with van der Waals surface area (Å²) in [6, 6.07) is 6.43. The van der Waals surface area contributed by atoms with E-state index in [1.807, 2.05) is 0 Å². The molecule has 0 amide bonds. The van der Waals surface area contributed by atoms with Crippen LogP contribution in [0.1, 0.15) is 20.3 Å². The highest BCUT2D eigenvalue weighted by Gasteiger charge is 2.13. The average molecular weight is 303 g/mol. The van der Waals surface area contributed by atoms with Crippen molar-refractivity contribution in [1.82, 2.24) is 9.97 Å². The van der Waals surface area contributed by atoms with Gasteiger partial charge in [0.05, 0.1) is 22.8 Å². The first kappa shape index (κ1) is 15.8. The summed E-state index contributed by atoms with van der Waals surface area (Å²) in [7, 11) is 0. The fourth-order valence-electron chi connectivity index (χ4n) is 1.72. The molecule has 0 saturated carbocycles. The van der Waals surface area contributed by atoms with Gasteiger partial charge in [-0.3, -0.25) is 10.1 Å².